The molecular formula is C11H7BrF2. The molecule has 2 bridgehead atoms. The minimum Gasteiger partial charge on any atom is -0.196 e. The number of fused-ring (bicyclic) bond motifs is 2. The lowest BCUT2D eigenvalue weighted by atomic mass is 10.0. The van der Waals surface area contributed by atoms with Crippen LogP contribution in [0, 0.1) is 0 Å². The molecule has 0 heterocycles. The van der Waals surface area contributed by atoms with E-state index in [1.165, 1.54) is 18.2 Å². The third kappa shape index (κ3) is 1.42. The molecule has 0 aliphatic heterocycles. The van der Waals surface area contributed by atoms with Crippen LogP contribution < -0.4 is 0 Å². The molecule has 2 rings (SSSR count). The van der Waals surface area contributed by atoms with E-state index < -0.39 is 5.92 Å². The van der Waals surface area contributed by atoms with Crippen LogP contribution in [-0.4, -0.2) is 5.92 Å². The molecule has 0 aromatic heterocycles. The van der Waals surface area contributed by atoms with Gasteiger partial charge >= 0.3 is 0 Å². The molecule has 2 aliphatic rings. The molecule has 0 saturated carbocycles. The number of rotatable bonds is 0. The molecule has 0 fully saturated rings. The van der Waals surface area contributed by atoms with Crippen LogP contribution in [0.3, 0.4) is 0 Å². The summed E-state index contributed by atoms with van der Waals surface area (Å²) in [7, 11) is 0. The van der Waals surface area contributed by atoms with Crippen molar-refractivity contribution in [3.63, 3.8) is 0 Å². The van der Waals surface area contributed by atoms with Crippen molar-refractivity contribution in [2.75, 3.05) is 0 Å². The number of hydrogen-bond acceptors (Lipinski definition) is 0. The predicted octanol–water partition coefficient (Wildman–Crippen LogP) is 3.89. The normalized spacial score (nSPS) is 23.2. The monoisotopic (exact) mass is 256 g/mol. The Morgan fingerprint density at radius 2 is 1.71 bits per heavy atom. The van der Waals surface area contributed by atoms with Gasteiger partial charge in [-0.3, -0.25) is 0 Å². The van der Waals surface area contributed by atoms with E-state index >= 15 is 0 Å². The number of allylic oxidation sites excluding steroid dienone is 10. The van der Waals surface area contributed by atoms with Crippen LogP contribution in [0.4, 0.5) is 8.78 Å². The van der Waals surface area contributed by atoms with Crippen LogP contribution in [0.1, 0.15) is 0 Å². The summed E-state index contributed by atoms with van der Waals surface area (Å²) in [6, 6.07) is 0. The van der Waals surface area contributed by atoms with Gasteiger partial charge in [-0.15, -0.1) is 0 Å². The Hall–Kier alpha value is -0.960. The zero-order chi connectivity index (χ0) is 10.2. The molecule has 72 valence electrons. The second kappa shape index (κ2) is 3.31. The molecule has 0 radical (unpaired) electrons. The highest BCUT2D eigenvalue weighted by molar-refractivity contribution is 9.12. The van der Waals surface area contributed by atoms with Gasteiger partial charge in [-0.25, -0.2) is 0 Å². The molecule has 0 nitrogen and oxygen atoms in total. The van der Waals surface area contributed by atoms with Gasteiger partial charge in [0.2, 0.25) is 0 Å². The lowest BCUT2D eigenvalue weighted by Gasteiger charge is -2.18. The van der Waals surface area contributed by atoms with Gasteiger partial charge in [0.1, 0.15) is 0 Å². The van der Waals surface area contributed by atoms with Crippen molar-refractivity contribution in [2.24, 2.45) is 0 Å². The van der Waals surface area contributed by atoms with Crippen molar-refractivity contribution in [3.8, 4) is 0 Å². The van der Waals surface area contributed by atoms with E-state index in [1.54, 1.807) is 24.3 Å². The van der Waals surface area contributed by atoms with Crippen LogP contribution in [-0.2, 0) is 0 Å². The molecular weight excluding hydrogens is 250 g/mol. The molecule has 0 N–H and O–H groups in total. The highest BCUT2D eigenvalue weighted by Crippen LogP contribution is 2.41. The number of hydrogen-bond donors (Lipinski definition) is 0. The van der Waals surface area contributed by atoms with E-state index in [0.29, 0.717) is 4.48 Å². The van der Waals surface area contributed by atoms with E-state index in [0.717, 1.165) is 0 Å². The van der Waals surface area contributed by atoms with Gasteiger partial charge in [-0.2, -0.15) is 8.78 Å². The van der Waals surface area contributed by atoms with Gasteiger partial charge in [-0.1, -0.05) is 52.4 Å². The summed E-state index contributed by atoms with van der Waals surface area (Å²) in [6.07, 6.45) is 10.8. The second-order valence-electron chi connectivity index (χ2n) is 3.04. The van der Waals surface area contributed by atoms with E-state index in [9.17, 15) is 8.78 Å². The Morgan fingerprint density at radius 3 is 2.50 bits per heavy atom. The zero-order valence-corrected chi connectivity index (χ0v) is 8.76. The molecule has 0 aromatic rings. The first-order chi connectivity index (χ1) is 6.62. The Morgan fingerprint density at radius 1 is 1.00 bits per heavy atom. The maximum Gasteiger partial charge on any atom is 0.299 e. The topological polar surface area (TPSA) is 0 Å². The Labute approximate surface area is 89.1 Å². The maximum absolute atomic E-state index is 13.8. The van der Waals surface area contributed by atoms with Crippen LogP contribution in [0.2, 0.25) is 0 Å². The smallest absolute Gasteiger partial charge is 0.196 e. The quantitative estimate of drug-likeness (QED) is 0.617. The van der Waals surface area contributed by atoms with E-state index in [4.69, 9.17) is 0 Å². The Balaban J connectivity index is 2.67. The van der Waals surface area contributed by atoms with Crippen molar-refractivity contribution in [3.05, 3.63) is 58.2 Å². The summed E-state index contributed by atoms with van der Waals surface area (Å²) < 4.78 is 28.0. The van der Waals surface area contributed by atoms with Crippen molar-refractivity contribution in [1.29, 1.82) is 0 Å². The van der Waals surface area contributed by atoms with Crippen molar-refractivity contribution >= 4 is 15.9 Å². The van der Waals surface area contributed by atoms with Crippen LogP contribution >= 0.6 is 15.9 Å². The fourth-order valence-electron chi connectivity index (χ4n) is 1.39. The first-order valence-electron chi connectivity index (χ1n) is 4.14. The predicted molar refractivity (Wildman–Crippen MR) is 56.4 cm³/mol. The van der Waals surface area contributed by atoms with Gasteiger partial charge in [0.15, 0.2) is 0 Å². The molecule has 0 unspecified atom stereocenters. The van der Waals surface area contributed by atoms with Crippen LogP contribution in [0.15, 0.2) is 58.2 Å². The van der Waals surface area contributed by atoms with Crippen molar-refractivity contribution < 1.29 is 8.78 Å². The third-order valence-electron chi connectivity index (χ3n) is 2.13. The maximum atomic E-state index is 13.8. The van der Waals surface area contributed by atoms with Crippen LogP contribution in [0.5, 0.6) is 0 Å². The van der Waals surface area contributed by atoms with Crippen molar-refractivity contribution in [1.82, 2.24) is 0 Å². The number of alkyl halides is 2. The Kier molecular flexibility index (Phi) is 2.27. The lowest BCUT2D eigenvalue weighted by Crippen LogP contribution is -2.20. The molecule has 0 aromatic carbocycles. The fraction of sp³-hybridized carbons (Fsp3) is 0.0909. The van der Waals surface area contributed by atoms with Gasteiger partial charge in [0, 0.05) is 15.6 Å². The zero-order valence-electron chi connectivity index (χ0n) is 7.18. The van der Waals surface area contributed by atoms with Crippen molar-refractivity contribution in [2.45, 2.75) is 5.92 Å². The molecule has 14 heavy (non-hydrogen) atoms. The van der Waals surface area contributed by atoms with Gasteiger partial charge in [-0.05, 0) is 6.08 Å². The summed E-state index contributed by atoms with van der Waals surface area (Å²) in [5.74, 6) is -2.91. The second-order valence-corrected chi connectivity index (χ2v) is 3.89. The fourth-order valence-corrected chi connectivity index (χ4v) is 1.93. The van der Waals surface area contributed by atoms with E-state index in [1.807, 2.05) is 0 Å². The van der Waals surface area contributed by atoms with E-state index in [2.05, 4.69) is 15.9 Å². The summed E-state index contributed by atoms with van der Waals surface area (Å²) in [5.41, 5.74) is 0.0192. The molecule has 0 saturated heterocycles. The standard InChI is InChI=1S/C11H7BrF2/c12-10-7-3-5-8-4-1-2-6-9(10)11(8,13)14/h1-7H. The highest BCUT2D eigenvalue weighted by atomic mass is 79.9. The summed E-state index contributed by atoms with van der Waals surface area (Å²) in [4.78, 5) is 0. The van der Waals surface area contributed by atoms with Crippen LogP contribution in [0.25, 0.3) is 0 Å². The van der Waals surface area contributed by atoms with Gasteiger partial charge in [0.05, 0.1) is 0 Å². The largest absolute Gasteiger partial charge is 0.299 e. The first kappa shape index (κ1) is 9.59. The summed E-state index contributed by atoms with van der Waals surface area (Å²) in [6.45, 7) is 0. The molecule has 0 amide bonds. The highest BCUT2D eigenvalue weighted by Gasteiger charge is 2.39. The minimum absolute atomic E-state index is 0.00231. The summed E-state index contributed by atoms with van der Waals surface area (Å²) >= 11 is 3.14. The number of halogens is 3. The lowest BCUT2D eigenvalue weighted by molar-refractivity contribution is 0.0914. The molecule has 0 spiro atoms. The average molecular weight is 257 g/mol. The summed E-state index contributed by atoms with van der Waals surface area (Å²) in [5, 5.41) is 0. The SMILES string of the molecule is FC1(F)C2=CC=CC=C1C(Br)=CC=C2. The molecule has 3 heteroatoms. The Bertz CT molecular complexity index is 409. The first-order valence-corrected chi connectivity index (χ1v) is 4.93. The van der Waals surface area contributed by atoms with Gasteiger partial charge in [0.25, 0.3) is 5.92 Å². The molecule has 0 atom stereocenters. The minimum atomic E-state index is -2.91. The van der Waals surface area contributed by atoms with Gasteiger partial charge < -0.3 is 0 Å². The molecule has 2 aliphatic carbocycles. The van der Waals surface area contributed by atoms with E-state index in [-0.39, 0.29) is 11.1 Å². The average Bonchev–Trinajstić information content (AvgIpc) is 2.32. The third-order valence-corrected chi connectivity index (χ3v) is 2.82.